The third-order valence-electron chi connectivity index (χ3n) is 1.71. The zero-order valence-electron chi connectivity index (χ0n) is 8.12. The van der Waals surface area contributed by atoms with Crippen molar-refractivity contribution in [2.45, 2.75) is 6.23 Å². The van der Waals surface area contributed by atoms with Gasteiger partial charge < -0.3 is 10.5 Å². The minimum Gasteiger partial charge on any atom is -0.388 e. The zero-order chi connectivity index (χ0) is 12.1. The molecule has 1 unspecified atom stereocenters. The minimum absolute atomic E-state index is 0.210. The molecule has 0 spiro atoms. The molecule has 7 nitrogen and oxygen atoms in total. The topological polar surface area (TPSA) is 119 Å². The first kappa shape index (κ1) is 11.6. The first-order valence-electron chi connectivity index (χ1n) is 4.26. The second kappa shape index (κ2) is 4.87. The summed E-state index contributed by atoms with van der Waals surface area (Å²) in [6.45, 7) is 0. The molecule has 0 heterocycles. The highest BCUT2D eigenvalue weighted by atomic mass is 16.7. The van der Waals surface area contributed by atoms with E-state index in [1.165, 1.54) is 12.1 Å². The number of benzene rings is 1. The summed E-state index contributed by atoms with van der Waals surface area (Å²) >= 11 is 0. The largest absolute Gasteiger partial charge is 0.388 e. The van der Waals surface area contributed by atoms with Gasteiger partial charge in [0.05, 0.1) is 10.5 Å². The van der Waals surface area contributed by atoms with Gasteiger partial charge in [-0.3, -0.25) is 15.5 Å². The van der Waals surface area contributed by atoms with E-state index in [0.717, 1.165) is 0 Å². The van der Waals surface area contributed by atoms with Gasteiger partial charge in [-0.1, -0.05) is 18.2 Å². The average Bonchev–Trinajstić information content (AvgIpc) is 2.26. The van der Waals surface area contributed by atoms with Crippen molar-refractivity contribution >= 4 is 11.8 Å². The molecule has 1 rings (SSSR count). The van der Waals surface area contributed by atoms with Gasteiger partial charge in [-0.2, -0.15) is 0 Å². The van der Waals surface area contributed by atoms with Crippen LogP contribution in [0, 0.1) is 15.5 Å². The predicted octanol–water partition coefficient (Wildman–Crippen LogP) is 0.441. The summed E-state index contributed by atoms with van der Waals surface area (Å²) in [5.74, 6) is -2.09. The van der Waals surface area contributed by atoms with Crippen molar-refractivity contribution < 1.29 is 14.5 Å². The molecule has 0 saturated carbocycles. The van der Waals surface area contributed by atoms with Crippen LogP contribution in [0.4, 0.5) is 0 Å². The van der Waals surface area contributed by atoms with E-state index in [9.17, 15) is 14.9 Å². The average molecular weight is 223 g/mol. The number of rotatable bonds is 3. The number of carbonyl (C=O) groups is 1. The van der Waals surface area contributed by atoms with E-state index >= 15 is 0 Å². The lowest BCUT2D eigenvalue weighted by Crippen LogP contribution is -2.28. The molecule has 0 aliphatic carbocycles. The van der Waals surface area contributed by atoms with E-state index in [-0.39, 0.29) is 5.56 Å². The summed E-state index contributed by atoms with van der Waals surface area (Å²) in [5, 5.41) is 17.5. The van der Waals surface area contributed by atoms with Crippen LogP contribution in [0.3, 0.4) is 0 Å². The summed E-state index contributed by atoms with van der Waals surface area (Å²) in [6, 6.07) is 7.72. The van der Waals surface area contributed by atoms with Crippen molar-refractivity contribution in [3.63, 3.8) is 0 Å². The Morgan fingerprint density at radius 1 is 1.44 bits per heavy atom. The van der Waals surface area contributed by atoms with Gasteiger partial charge in [-0.05, 0) is 12.1 Å². The molecule has 16 heavy (non-hydrogen) atoms. The van der Waals surface area contributed by atoms with Crippen LogP contribution in [0.15, 0.2) is 30.3 Å². The van der Waals surface area contributed by atoms with Gasteiger partial charge >= 0.3 is 12.2 Å². The lowest BCUT2D eigenvalue weighted by atomic mass is 10.2. The van der Waals surface area contributed by atoms with Crippen LogP contribution in [0.25, 0.3) is 0 Å². The van der Waals surface area contributed by atoms with Gasteiger partial charge in [0.15, 0.2) is 0 Å². The molecular weight excluding hydrogens is 214 g/mol. The van der Waals surface area contributed by atoms with E-state index < -0.39 is 23.0 Å². The number of ether oxygens (including phenoxy) is 1. The molecule has 0 fully saturated rings. The Bertz CT molecular complexity index is 418. The molecule has 1 aromatic carbocycles. The van der Waals surface area contributed by atoms with Crippen LogP contribution < -0.4 is 5.73 Å². The fourth-order valence-corrected chi connectivity index (χ4v) is 1.02. The normalized spacial score (nSPS) is 11.5. The number of amidine groups is 1. The number of nitrogens with one attached hydrogen (secondary N) is 1. The van der Waals surface area contributed by atoms with E-state index in [1.54, 1.807) is 18.2 Å². The smallest absolute Gasteiger partial charge is 0.383 e. The van der Waals surface area contributed by atoms with Crippen LogP contribution in [0.1, 0.15) is 11.8 Å². The first-order valence-corrected chi connectivity index (χ1v) is 4.26. The first-order chi connectivity index (χ1) is 7.52. The number of nitro groups is 1. The third-order valence-corrected chi connectivity index (χ3v) is 1.71. The highest BCUT2D eigenvalue weighted by molar-refractivity contribution is 6.33. The molecule has 7 heteroatoms. The van der Waals surface area contributed by atoms with Crippen LogP contribution in [0.2, 0.25) is 0 Å². The third kappa shape index (κ3) is 2.77. The summed E-state index contributed by atoms with van der Waals surface area (Å²) < 4.78 is 4.47. The van der Waals surface area contributed by atoms with Gasteiger partial charge in [0.25, 0.3) is 0 Å². The molecule has 84 valence electrons. The maximum Gasteiger partial charge on any atom is 0.383 e. The second-order valence-electron chi connectivity index (χ2n) is 2.87. The molecule has 0 bridgehead atoms. The summed E-state index contributed by atoms with van der Waals surface area (Å²) in [6.07, 6.45) is -1.64. The minimum atomic E-state index is -1.64. The van der Waals surface area contributed by atoms with Crippen molar-refractivity contribution in [3.8, 4) is 0 Å². The second-order valence-corrected chi connectivity index (χ2v) is 2.87. The SMILES string of the molecule is N=C(N)C(=O)OC(c1ccccc1)[N+](=O)[O-]. The predicted molar refractivity (Wildman–Crippen MR) is 54.2 cm³/mol. The zero-order valence-corrected chi connectivity index (χ0v) is 8.12. The molecule has 0 radical (unpaired) electrons. The Balaban J connectivity index is 2.89. The van der Waals surface area contributed by atoms with Crippen molar-refractivity contribution in [1.29, 1.82) is 5.41 Å². The van der Waals surface area contributed by atoms with Gasteiger partial charge in [0, 0.05) is 0 Å². The number of nitrogens with zero attached hydrogens (tertiary/aromatic N) is 1. The van der Waals surface area contributed by atoms with Gasteiger partial charge in [-0.15, -0.1) is 0 Å². The van der Waals surface area contributed by atoms with Crippen molar-refractivity contribution in [2.24, 2.45) is 5.73 Å². The molecule has 1 atom stereocenters. The highest BCUT2D eigenvalue weighted by Crippen LogP contribution is 2.17. The van der Waals surface area contributed by atoms with Crippen molar-refractivity contribution in [2.75, 3.05) is 0 Å². The molecule has 0 amide bonds. The Hall–Kier alpha value is -2.44. The quantitative estimate of drug-likeness (QED) is 0.192. The lowest BCUT2D eigenvalue weighted by Gasteiger charge is -2.09. The Morgan fingerprint density at radius 3 is 2.44 bits per heavy atom. The molecule has 0 aliphatic rings. The maximum absolute atomic E-state index is 11.0. The van der Waals surface area contributed by atoms with E-state index in [1.807, 2.05) is 0 Å². The van der Waals surface area contributed by atoms with Gasteiger partial charge in [0.2, 0.25) is 5.84 Å². The van der Waals surface area contributed by atoms with Crippen LogP contribution in [-0.2, 0) is 9.53 Å². The molecule has 0 saturated heterocycles. The van der Waals surface area contributed by atoms with Crippen LogP contribution in [-0.4, -0.2) is 16.7 Å². The van der Waals surface area contributed by atoms with Crippen LogP contribution in [0.5, 0.6) is 0 Å². The van der Waals surface area contributed by atoms with Gasteiger partial charge in [-0.25, -0.2) is 4.79 Å². The molecule has 0 aliphatic heterocycles. The van der Waals surface area contributed by atoms with Crippen molar-refractivity contribution in [3.05, 3.63) is 46.0 Å². The van der Waals surface area contributed by atoms with Gasteiger partial charge in [0.1, 0.15) is 0 Å². The number of hydrogen-bond donors (Lipinski definition) is 2. The van der Waals surface area contributed by atoms with E-state index in [4.69, 9.17) is 11.1 Å². The highest BCUT2D eigenvalue weighted by Gasteiger charge is 2.27. The summed E-state index contributed by atoms with van der Waals surface area (Å²) in [4.78, 5) is 20.9. The summed E-state index contributed by atoms with van der Waals surface area (Å²) in [5.41, 5.74) is 5.06. The Labute approximate surface area is 90.5 Å². The summed E-state index contributed by atoms with van der Waals surface area (Å²) in [7, 11) is 0. The van der Waals surface area contributed by atoms with E-state index in [0.29, 0.717) is 0 Å². The van der Waals surface area contributed by atoms with Crippen LogP contribution >= 0.6 is 0 Å². The monoisotopic (exact) mass is 223 g/mol. The number of nitrogens with two attached hydrogens (primary N) is 1. The number of esters is 1. The van der Waals surface area contributed by atoms with E-state index in [2.05, 4.69) is 4.74 Å². The molecule has 3 N–H and O–H groups in total. The van der Waals surface area contributed by atoms with Crippen molar-refractivity contribution in [1.82, 2.24) is 0 Å². The molecule has 0 aromatic heterocycles. The maximum atomic E-state index is 11.0. The fraction of sp³-hybridized carbons (Fsp3) is 0.111. The number of hydrogen-bond acceptors (Lipinski definition) is 5. The fourth-order valence-electron chi connectivity index (χ4n) is 1.02. The number of carbonyl (C=O) groups excluding carboxylic acids is 1. The Morgan fingerprint density at radius 2 is 2.00 bits per heavy atom. The standard InChI is InChI=1S/C9H9N3O4/c10-7(11)9(13)16-8(12(14)15)6-4-2-1-3-5-6/h1-5,8H,(H3,10,11). The lowest BCUT2D eigenvalue weighted by molar-refractivity contribution is -0.575. The Kier molecular flexibility index (Phi) is 3.54. The molecule has 1 aromatic rings. The molecular formula is C9H9N3O4.